The first kappa shape index (κ1) is 8.91. The van der Waals surface area contributed by atoms with Crippen LogP contribution in [0.3, 0.4) is 0 Å². The fourth-order valence-electron chi connectivity index (χ4n) is 3.14. The van der Waals surface area contributed by atoms with Crippen molar-refractivity contribution in [2.24, 2.45) is 5.92 Å². The summed E-state index contributed by atoms with van der Waals surface area (Å²) < 4.78 is 105. The molecule has 1 saturated carbocycles. The van der Waals surface area contributed by atoms with E-state index in [1.165, 1.54) is 0 Å². The van der Waals surface area contributed by atoms with Gasteiger partial charge in [-0.3, -0.25) is 4.90 Å². The van der Waals surface area contributed by atoms with E-state index in [4.69, 9.17) is 27.7 Å². The van der Waals surface area contributed by atoms with Crippen molar-refractivity contribution in [3.63, 3.8) is 0 Å². The van der Waals surface area contributed by atoms with Crippen LogP contribution in [-0.4, -0.2) is 43.5 Å². The van der Waals surface area contributed by atoms with E-state index in [0.717, 1.165) is 19.3 Å². The smallest absolute Gasteiger partial charge is 0.344 e. The van der Waals surface area contributed by atoms with Gasteiger partial charge < -0.3 is 9.85 Å². The van der Waals surface area contributed by atoms with E-state index in [9.17, 15) is 4.79 Å². The Balaban J connectivity index is 2.40. The molecule has 1 N–H and O–H groups in total. The van der Waals surface area contributed by atoms with Crippen LogP contribution >= 0.6 is 0 Å². The molecule has 2 rings (SSSR count). The van der Waals surface area contributed by atoms with Gasteiger partial charge in [-0.05, 0) is 31.4 Å². The number of esters is 1. The quantitative estimate of drug-likeness (QED) is 0.563. The number of carbonyl (C=O) groups is 1. The van der Waals surface area contributed by atoms with Gasteiger partial charge in [-0.25, -0.2) is 4.79 Å². The van der Waals surface area contributed by atoms with E-state index in [2.05, 4.69) is 5.92 Å². The van der Waals surface area contributed by atoms with Crippen molar-refractivity contribution in [2.75, 3.05) is 26.1 Å². The summed E-state index contributed by atoms with van der Waals surface area (Å²) in [4.78, 5) is 12.7. The largest absolute Gasteiger partial charge is 0.450 e. The van der Waals surface area contributed by atoms with Crippen LogP contribution in [0.5, 0.6) is 0 Å². The average molecular weight is 371 g/mol. The van der Waals surface area contributed by atoms with Crippen molar-refractivity contribution in [1.29, 1.82) is 1.43 Å². The van der Waals surface area contributed by atoms with Crippen molar-refractivity contribution in [3.8, 4) is 11.8 Å². The Morgan fingerprint density at radius 1 is 1.31 bits per heavy atom. The molecule has 0 saturated heterocycles. The maximum atomic E-state index is 13.3. The summed E-state index contributed by atoms with van der Waals surface area (Å²) in [6, 6.07) is 8.28. The predicted molar refractivity (Wildman–Crippen MR) is 103 cm³/mol. The molecule has 0 spiro atoms. The molecule has 0 aliphatic heterocycles. The number of benzene rings is 1. The Hall–Kier alpha value is -1.83. The maximum Gasteiger partial charge on any atom is 0.344 e. The number of hydrogen-bond donors (Lipinski definition) is 1. The van der Waals surface area contributed by atoms with Crippen molar-refractivity contribution >= 4 is 5.97 Å². The second kappa shape index (κ2) is 10.4. The minimum absolute atomic E-state index is 0.378. The zero-order chi connectivity index (χ0) is 29.9. The molecule has 1 aromatic rings. The molecule has 0 heterocycles. The van der Waals surface area contributed by atoms with Gasteiger partial charge in [-0.2, -0.15) is 0 Å². The Kier molecular flexibility index (Phi) is 3.55. The normalized spacial score (nSPS) is 27.2. The van der Waals surface area contributed by atoms with Gasteiger partial charge in [0.25, 0.3) is 0 Å². The number of hydrogen-bond acceptors (Lipinski definition) is 4. The molecular weight excluding hydrogens is 326 g/mol. The van der Waals surface area contributed by atoms with Crippen LogP contribution < -0.4 is 0 Å². The van der Waals surface area contributed by atoms with Gasteiger partial charge in [-0.1, -0.05) is 75.1 Å². The minimum atomic E-state index is -3.80. The van der Waals surface area contributed by atoms with Crippen LogP contribution in [0.1, 0.15) is 67.8 Å². The van der Waals surface area contributed by atoms with E-state index in [1.54, 1.807) is 30.3 Å². The zero-order valence-corrected chi connectivity index (χ0v) is 14.4. The minimum Gasteiger partial charge on any atom is -0.450 e. The van der Waals surface area contributed by atoms with E-state index < -0.39 is 62.2 Å². The molecule has 1 aliphatic rings. The van der Waals surface area contributed by atoms with E-state index >= 15 is 0 Å². The third-order valence-electron chi connectivity index (χ3n) is 4.44. The van der Waals surface area contributed by atoms with Crippen LogP contribution in [0.4, 0.5) is 0 Å². The Labute approximate surface area is 175 Å². The second-order valence-corrected chi connectivity index (χ2v) is 5.99. The lowest BCUT2D eigenvalue weighted by molar-refractivity contribution is -0.174. The highest BCUT2D eigenvalue weighted by atomic mass is 16.5. The van der Waals surface area contributed by atoms with Crippen molar-refractivity contribution in [2.45, 2.75) is 51.4 Å². The SMILES string of the molecule is [2H]OC(C(=O)OCC#CC([2H])([2H])N(C([2H])([2H])C([2H])([2H])[2H])C([2H])([2H])C([2H])([2H])[2H])(c1ccccc1)C1CCCCC1. The van der Waals surface area contributed by atoms with Crippen LogP contribution in [0.25, 0.3) is 0 Å². The number of ether oxygens (including phenoxy) is 1. The molecule has 0 aromatic heterocycles. The highest BCUT2D eigenvalue weighted by Crippen LogP contribution is 2.40. The van der Waals surface area contributed by atoms with Crippen molar-refractivity contribution in [1.82, 2.24) is 4.90 Å². The molecule has 4 nitrogen and oxygen atoms in total. The summed E-state index contributed by atoms with van der Waals surface area (Å²) in [5.41, 5.74) is -1.42. The third kappa shape index (κ3) is 5.09. The Bertz CT molecular complexity index is 1020. The first-order chi connectivity index (χ1) is 17.8. The number of aliphatic hydroxyl groups is 1. The molecule has 1 aromatic carbocycles. The lowest BCUT2D eigenvalue weighted by atomic mass is 9.73. The molecule has 26 heavy (non-hydrogen) atoms. The first-order valence-corrected chi connectivity index (χ1v) is 8.44. The Morgan fingerprint density at radius 2 is 2.04 bits per heavy atom. The molecule has 1 fully saturated rings. The highest BCUT2D eigenvalue weighted by Gasteiger charge is 2.46. The topological polar surface area (TPSA) is 49.8 Å². The summed E-state index contributed by atoms with van der Waals surface area (Å²) in [6.45, 7) is -19.2. The third-order valence-corrected chi connectivity index (χ3v) is 4.44. The van der Waals surface area contributed by atoms with Crippen LogP contribution in [0.15, 0.2) is 30.3 Å². The van der Waals surface area contributed by atoms with Gasteiger partial charge >= 0.3 is 5.97 Å². The first-order valence-electron chi connectivity index (χ1n) is 14.8. The molecule has 0 radical (unpaired) electrons. The van der Waals surface area contributed by atoms with Crippen molar-refractivity contribution < 1.29 is 31.1 Å². The predicted octanol–water partition coefficient (Wildman–Crippen LogP) is 3.34. The van der Waals surface area contributed by atoms with Gasteiger partial charge in [0.15, 0.2) is 12.2 Å². The lowest BCUT2D eigenvalue weighted by Gasteiger charge is -2.36. The molecule has 142 valence electrons. The lowest BCUT2D eigenvalue weighted by Crippen LogP contribution is -2.45. The number of carbonyl (C=O) groups excluding carboxylic acids is 1. The molecule has 1 unspecified atom stereocenters. The molecular formula is C22H31NO3. The van der Waals surface area contributed by atoms with Crippen molar-refractivity contribution in [3.05, 3.63) is 35.9 Å². The second-order valence-electron chi connectivity index (χ2n) is 5.99. The molecule has 1 aliphatic carbocycles. The molecule has 0 bridgehead atoms. The van der Waals surface area contributed by atoms with Gasteiger partial charge in [0.2, 0.25) is 1.43 Å². The van der Waals surface area contributed by atoms with E-state index in [0.29, 0.717) is 18.4 Å². The van der Waals surface area contributed by atoms with E-state index in [-0.39, 0.29) is 0 Å². The summed E-state index contributed by atoms with van der Waals surface area (Å²) in [5, 5.41) is 5.05. The Morgan fingerprint density at radius 3 is 2.69 bits per heavy atom. The van der Waals surface area contributed by atoms with Gasteiger partial charge in [0, 0.05) is 19.6 Å². The summed E-state index contributed by atoms with van der Waals surface area (Å²) in [6.07, 6.45) is 3.74. The zero-order valence-electron chi connectivity index (χ0n) is 27.4. The highest BCUT2D eigenvalue weighted by molar-refractivity contribution is 5.81. The summed E-state index contributed by atoms with van der Waals surface area (Å²) in [5.74, 6) is 2.56. The standard InChI is InChI=1S/C22H31NO3/c1-3-23(4-2)17-11-12-18-26-21(24)22(25,19-13-7-5-8-14-19)20-15-9-6-10-16-20/h5,7-8,13-14,20,25H,3-4,6,9-10,15-18H2,1-2H3/i1D3,2D3,3D2,4D2,17D2,25D. The number of nitrogens with zero attached hydrogens (tertiary/aromatic N) is 1. The summed E-state index contributed by atoms with van der Waals surface area (Å²) in [7, 11) is 0. The van der Waals surface area contributed by atoms with Crippen LogP contribution in [0, 0.1) is 17.8 Å². The fourth-order valence-corrected chi connectivity index (χ4v) is 3.14. The van der Waals surface area contributed by atoms with Gasteiger partial charge in [0.05, 0.1) is 9.24 Å². The average Bonchev–Trinajstić information content (AvgIpc) is 2.82. The monoisotopic (exact) mass is 370 g/mol. The number of rotatable bonds is 8. The molecule has 4 heteroatoms. The molecule has 0 amide bonds. The van der Waals surface area contributed by atoms with Gasteiger partial charge in [-0.15, -0.1) is 0 Å². The molecule has 1 atom stereocenters. The van der Waals surface area contributed by atoms with Crippen LogP contribution in [-0.2, 0) is 15.1 Å². The summed E-state index contributed by atoms with van der Waals surface area (Å²) >= 11 is 0. The van der Waals surface area contributed by atoms with Crippen LogP contribution in [0.2, 0.25) is 0 Å². The van der Waals surface area contributed by atoms with Gasteiger partial charge in [0.1, 0.15) is 0 Å². The maximum absolute atomic E-state index is 13.3. The fraction of sp³-hybridized carbons (Fsp3) is 0.591. The van der Waals surface area contributed by atoms with E-state index in [1.807, 2.05) is 5.92 Å².